The number of nitrogens with one attached hydrogen (secondary N) is 1. The van der Waals surface area contributed by atoms with Gasteiger partial charge < -0.3 is 10.4 Å². The molecule has 7 nitrogen and oxygen atoms in total. The zero-order valence-electron chi connectivity index (χ0n) is 19.5. The third kappa shape index (κ3) is 6.20. The summed E-state index contributed by atoms with van der Waals surface area (Å²) in [4.78, 5) is 52.5. The second-order valence-electron chi connectivity index (χ2n) is 8.50. The predicted molar refractivity (Wildman–Crippen MR) is 139 cm³/mol. The molecule has 0 radical (unpaired) electrons. The summed E-state index contributed by atoms with van der Waals surface area (Å²) >= 11 is 0.925. The van der Waals surface area contributed by atoms with Crippen molar-refractivity contribution < 1.29 is 24.3 Å². The molecule has 1 heterocycles. The molecule has 3 aromatic rings. The molecule has 2 atom stereocenters. The summed E-state index contributed by atoms with van der Waals surface area (Å²) in [5.41, 5.74) is 2.76. The van der Waals surface area contributed by atoms with E-state index in [-0.39, 0.29) is 5.12 Å². The predicted octanol–water partition coefficient (Wildman–Crippen LogP) is 3.72. The van der Waals surface area contributed by atoms with Gasteiger partial charge in [0.05, 0.1) is 5.25 Å². The molecule has 0 spiro atoms. The molecule has 0 aliphatic carbocycles. The number of thioether (sulfide) groups is 1. The summed E-state index contributed by atoms with van der Waals surface area (Å²) in [6, 6.07) is 24.4. The van der Waals surface area contributed by atoms with Crippen molar-refractivity contribution in [2.75, 3.05) is 11.4 Å². The Morgan fingerprint density at radius 2 is 1.58 bits per heavy atom. The van der Waals surface area contributed by atoms with Crippen molar-refractivity contribution >= 4 is 40.3 Å². The van der Waals surface area contributed by atoms with Crippen LogP contribution >= 0.6 is 11.8 Å². The van der Waals surface area contributed by atoms with Crippen LogP contribution in [-0.2, 0) is 27.2 Å². The first-order valence-corrected chi connectivity index (χ1v) is 12.5. The van der Waals surface area contributed by atoms with Crippen molar-refractivity contribution in [3.8, 4) is 0 Å². The first-order valence-electron chi connectivity index (χ1n) is 11.6. The van der Waals surface area contributed by atoms with Gasteiger partial charge in [-0.3, -0.25) is 24.1 Å². The third-order valence-electron chi connectivity index (χ3n) is 5.97. The maximum absolute atomic E-state index is 13.5. The summed E-state index contributed by atoms with van der Waals surface area (Å²) in [7, 11) is 0. The standard InChI is InChI=1S/C28H26N2O5S/c31-25(32)18-30-23-14-8-7-11-20(23)15-16-22(27(30)34)29-26(33)24(17-19-9-3-1-4-10-19)36-28(35)21-12-5-2-6-13-21/h1-14,22,24H,15-18H2,(H,29,33)(H,31,32). The van der Waals surface area contributed by atoms with Gasteiger partial charge in [-0.05, 0) is 36.5 Å². The number of rotatable bonds is 8. The van der Waals surface area contributed by atoms with E-state index in [4.69, 9.17) is 0 Å². The third-order valence-corrected chi connectivity index (χ3v) is 7.09. The summed E-state index contributed by atoms with van der Waals surface area (Å²) < 4.78 is 0. The maximum atomic E-state index is 13.5. The zero-order chi connectivity index (χ0) is 25.5. The second kappa shape index (κ2) is 11.7. The van der Waals surface area contributed by atoms with Crippen molar-refractivity contribution in [2.45, 2.75) is 30.6 Å². The second-order valence-corrected chi connectivity index (χ2v) is 9.67. The molecule has 1 aliphatic heterocycles. The molecule has 184 valence electrons. The minimum Gasteiger partial charge on any atom is -0.480 e. The van der Waals surface area contributed by atoms with E-state index in [1.54, 1.807) is 36.4 Å². The Hall–Kier alpha value is -3.91. The van der Waals surface area contributed by atoms with Crippen molar-refractivity contribution in [2.24, 2.45) is 0 Å². The SMILES string of the molecule is O=C(O)CN1C(=O)C(NC(=O)C(Cc2ccccc2)SC(=O)c2ccccc2)CCc2ccccc21. The molecule has 4 rings (SSSR count). The highest BCUT2D eigenvalue weighted by atomic mass is 32.2. The average Bonchev–Trinajstić information content (AvgIpc) is 3.01. The number of carbonyl (C=O) groups is 4. The first kappa shape index (κ1) is 25.2. The van der Waals surface area contributed by atoms with E-state index in [1.807, 2.05) is 48.5 Å². The van der Waals surface area contributed by atoms with Crippen molar-refractivity contribution in [1.29, 1.82) is 0 Å². The number of carboxylic acids is 1. The number of aryl methyl sites for hydroxylation is 1. The van der Waals surface area contributed by atoms with Crippen LogP contribution in [-0.4, -0.2) is 45.8 Å². The van der Waals surface area contributed by atoms with Crippen LogP contribution in [0.1, 0.15) is 27.9 Å². The fourth-order valence-corrected chi connectivity index (χ4v) is 5.18. The molecule has 2 N–H and O–H groups in total. The van der Waals surface area contributed by atoms with Crippen molar-refractivity contribution in [3.05, 3.63) is 102 Å². The van der Waals surface area contributed by atoms with E-state index >= 15 is 0 Å². The van der Waals surface area contributed by atoms with Gasteiger partial charge in [-0.1, -0.05) is 90.6 Å². The van der Waals surface area contributed by atoms with Crippen LogP contribution in [0.5, 0.6) is 0 Å². The van der Waals surface area contributed by atoms with E-state index in [0.29, 0.717) is 30.5 Å². The van der Waals surface area contributed by atoms with E-state index in [1.165, 1.54) is 4.90 Å². The van der Waals surface area contributed by atoms with Gasteiger partial charge in [-0.2, -0.15) is 0 Å². The van der Waals surface area contributed by atoms with E-state index in [9.17, 15) is 24.3 Å². The maximum Gasteiger partial charge on any atom is 0.323 e. The molecule has 0 aromatic heterocycles. The van der Waals surface area contributed by atoms with Crippen molar-refractivity contribution in [3.63, 3.8) is 0 Å². The molecule has 0 saturated carbocycles. The number of amides is 2. The molecule has 2 unspecified atom stereocenters. The Kier molecular flexibility index (Phi) is 8.17. The molecule has 0 saturated heterocycles. The van der Waals surface area contributed by atoms with Crippen LogP contribution in [0, 0.1) is 0 Å². The lowest BCUT2D eigenvalue weighted by atomic mass is 10.1. The summed E-state index contributed by atoms with van der Waals surface area (Å²) in [5, 5.41) is 11.2. The van der Waals surface area contributed by atoms with Crippen LogP contribution in [0.15, 0.2) is 84.9 Å². The minimum atomic E-state index is -1.14. The van der Waals surface area contributed by atoms with E-state index in [2.05, 4.69) is 5.32 Å². The fourth-order valence-electron chi connectivity index (χ4n) is 4.20. The van der Waals surface area contributed by atoms with E-state index in [0.717, 1.165) is 22.9 Å². The molecule has 2 amide bonds. The molecule has 0 bridgehead atoms. The lowest BCUT2D eigenvalue weighted by molar-refractivity contribution is -0.137. The molecular weight excluding hydrogens is 476 g/mol. The Bertz CT molecular complexity index is 1250. The van der Waals surface area contributed by atoms with Crippen molar-refractivity contribution in [1.82, 2.24) is 5.32 Å². The van der Waals surface area contributed by atoms with Gasteiger partial charge in [0.15, 0.2) is 0 Å². The zero-order valence-corrected chi connectivity index (χ0v) is 20.3. The quantitative estimate of drug-likeness (QED) is 0.487. The average molecular weight is 503 g/mol. The van der Waals surface area contributed by atoms with Crippen LogP contribution in [0.3, 0.4) is 0 Å². The largest absolute Gasteiger partial charge is 0.480 e. The Labute approximate surface area is 213 Å². The number of para-hydroxylation sites is 1. The number of hydrogen-bond donors (Lipinski definition) is 2. The highest BCUT2D eigenvalue weighted by Gasteiger charge is 2.34. The lowest BCUT2D eigenvalue weighted by Crippen LogP contribution is -2.51. The molecule has 1 aliphatic rings. The van der Waals surface area contributed by atoms with Gasteiger partial charge in [-0.15, -0.1) is 0 Å². The van der Waals surface area contributed by atoms with Gasteiger partial charge in [0.2, 0.25) is 16.9 Å². The number of benzene rings is 3. The molecule has 0 fully saturated rings. The highest BCUT2D eigenvalue weighted by Crippen LogP contribution is 2.28. The van der Waals surface area contributed by atoms with Crippen LogP contribution in [0.4, 0.5) is 5.69 Å². The molecule has 36 heavy (non-hydrogen) atoms. The fraction of sp³-hybridized carbons (Fsp3) is 0.214. The molecule has 8 heteroatoms. The summed E-state index contributed by atoms with van der Waals surface area (Å²) in [6.45, 7) is -0.503. The number of carboxylic acid groups (broad SMARTS) is 1. The highest BCUT2D eigenvalue weighted by molar-refractivity contribution is 8.15. The Balaban J connectivity index is 1.56. The van der Waals surface area contributed by atoms with Crippen LogP contribution in [0.25, 0.3) is 0 Å². The topological polar surface area (TPSA) is 104 Å². The number of anilines is 1. The number of hydrogen-bond acceptors (Lipinski definition) is 5. The van der Waals surface area contributed by atoms with E-state index < -0.39 is 35.6 Å². The Morgan fingerprint density at radius 3 is 2.28 bits per heavy atom. The first-order chi connectivity index (χ1) is 17.4. The monoisotopic (exact) mass is 502 g/mol. The lowest BCUT2D eigenvalue weighted by Gasteiger charge is -2.26. The summed E-state index contributed by atoms with van der Waals surface area (Å²) in [6.07, 6.45) is 1.13. The molecule has 3 aromatic carbocycles. The van der Waals surface area contributed by atoms with Gasteiger partial charge in [0, 0.05) is 11.3 Å². The normalized spacial score (nSPS) is 15.9. The van der Waals surface area contributed by atoms with Crippen LogP contribution in [0.2, 0.25) is 0 Å². The van der Waals surface area contributed by atoms with Crippen LogP contribution < -0.4 is 10.2 Å². The number of fused-ring (bicyclic) bond motifs is 1. The Morgan fingerprint density at radius 1 is 0.944 bits per heavy atom. The number of aliphatic carboxylic acids is 1. The number of nitrogens with zero attached hydrogens (tertiary/aromatic N) is 1. The summed E-state index contributed by atoms with van der Waals surface area (Å²) in [5.74, 6) is -2.06. The molecular formula is C28H26N2O5S. The van der Waals surface area contributed by atoms with Gasteiger partial charge in [0.25, 0.3) is 0 Å². The van der Waals surface area contributed by atoms with Gasteiger partial charge in [-0.25, -0.2) is 0 Å². The number of carbonyl (C=O) groups excluding carboxylic acids is 3. The minimum absolute atomic E-state index is 0.237. The smallest absolute Gasteiger partial charge is 0.323 e. The van der Waals surface area contributed by atoms with Gasteiger partial charge in [0.1, 0.15) is 12.6 Å². The van der Waals surface area contributed by atoms with Gasteiger partial charge >= 0.3 is 5.97 Å².